The lowest BCUT2D eigenvalue weighted by atomic mass is 9.67. The van der Waals surface area contributed by atoms with E-state index in [1.165, 1.54) is 70.8 Å². The van der Waals surface area contributed by atoms with E-state index in [0.717, 1.165) is 35.6 Å². The van der Waals surface area contributed by atoms with Crippen LogP contribution in [0.4, 0.5) is 0 Å². The standard InChI is InChI=1S/C19H35N/c1-14-8-9-16(12-15(14)2)19-7-5-3-4-6-17(19)13-20-18-10-11-18/h14-20H,3-13H2,1-2H3. The molecule has 0 aromatic heterocycles. The average Bonchev–Trinajstić information content (AvgIpc) is 3.25. The van der Waals surface area contributed by atoms with Gasteiger partial charge in [-0.3, -0.25) is 0 Å². The minimum atomic E-state index is 0.893. The highest BCUT2D eigenvalue weighted by Crippen LogP contribution is 2.43. The summed E-state index contributed by atoms with van der Waals surface area (Å²) in [5, 5.41) is 3.84. The van der Waals surface area contributed by atoms with Crippen LogP contribution in [0.1, 0.15) is 78.1 Å². The van der Waals surface area contributed by atoms with Gasteiger partial charge in [-0.2, -0.15) is 0 Å². The van der Waals surface area contributed by atoms with Gasteiger partial charge in [-0.25, -0.2) is 0 Å². The lowest BCUT2D eigenvalue weighted by Gasteiger charge is -2.40. The van der Waals surface area contributed by atoms with Gasteiger partial charge in [0, 0.05) is 6.04 Å². The molecule has 5 unspecified atom stereocenters. The number of rotatable bonds is 4. The third kappa shape index (κ3) is 3.78. The summed E-state index contributed by atoms with van der Waals surface area (Å²) in [7, 11) is 0. The van der Waals surface area contributed by atoms with Gasteiger partial charge in [0.25, 0.3) is 0 Å². The maximum atomic E-state index is 3.84. The first kappa shape index (κ1) is 14.9. The Morgan fingerprint density at radius 2 is 1.60 bits per heavy atom. The molecule has 1 nitrogen and oxygen atoms in total. The van der Waals surface area contributed by atoms with Gasteiger partial charge in [-0.15, -0.1) is 0 Å². The van der Waals surface area contributed by atoms with Crippen LogP contribution >= 0.6 is 0 Å². The Kier molecular flexibility index (Phi) is 5.07. The summed E-state index contributed by atoms with van der Waals surface area (Å²) >= 11 is 0. The SMILES string of the molecule is CC1CCC(C2CCCCCC2CNC2CC2)CC1C. The summed E-state index contributed by atoms with van der Waals surface area (Å²) in [4.78, 5) is 0. The van der Waals surface area contributed by atoms with Gasteiger partial charge in [0.15, 0.2) is 0 Å². The molecule has 3 fully saturated rings. The quantitative estimate of drug-likeness (QED) is 0.712. The van der Waals surface area contributed by atoms with Crippen molar-refractivity contribution < 1.29 is 0 Å². The predicted molar refractivity (Wildman–Crippen MR) is 86.8 cm³/mol. The molecule has 1 N–H and O–H groups in total. The van der Waals surface area contributed by atoms with Gasteiger partial charge in [0.2, 0.25) is 0 Å². The molecule has 0 amide bonds. The largest absolute Gasteiger partial charge is 0.314 e. The van der Waals surface area contributed by atoms with Crippen LogP contribution in [0.15, 0.2) is 0 Å². The Labute approximate surface area is 126 Å². The van der Waals surface area contributed by atoms with Crippen LogP contribution in [0.5, 0.6) is 0 Å². The monoisotopic (exact) mass is 277 g/mol. The number of hydrogen-bond donors (Lipinski definition) is 1. The fourth-order valence-corrected chi connectivity index (χ4v) is 4.87. The first-order chi connectivity index (χ1) is 9.74. The first-order valence-corrected chi connectivity index (χ1v) is 9.47. The van der Waals surface area contributed by atoms with Gasteiger partial charge in [0.1, 0.15) is 0 Å². The van der Waals surface area contributed by atoms with E-state index in [4.69, 9.17) is 0 Å². The van der Waals surface area contributed by atoms with E-state index in [0.29, 0.717) is 0 Å². The Bertz CT molecular complexity index is 296. The highest BCUT2D eigenvalue weighted by molar-refractivity contribution is 4.88. The van der Waals surface area contributed by atoms with Crippen molar-refractivity contribution in [3.8, 4) is 0 Å². The Balaban J connectivity index is 1.59. The highest BCUT2D eigenvalue weighted by atomic mass is 14.9. The third-order valence-electron chi connectivity index (χ3n) is 6.71. The number of nitrogens with one attached hydrogen (secondary N) is 1. The average molecular weight is 277 g/mol. The molecular weight excluding hydrogens is 242 g/mol. The smallest absolute Gasteiger partial charge is 0.00683 e. The van der Waals surface area contributed by atoms with E-state index in [1.807, 2.05) is 0 Å². The molecule has 3 saturated carbocycles. The summed E-state index contributed by atoms with van der Waals surface area (Å²) in [5.74, 6) is 5.02. The van der Waals surface area contributed by atoms with E-state index in [9.17, 15) is 0 Å². The summed E-state index contributed by atoms with van der Waals surface area (Å²) < 4.78 is 0. The van der Waals surface area contributed by atoms with Crippen LogP contribution in [0.2, 0.25) is 0 Å². The van der Waals surface area contributed by atoms with Crippen LogP contribution < -0.4 is 5.32 Å². The van der Waals surface area contributed by atoms with Crippen molar-refractivity contribution in [1.82, 2.24) is 5.32 Å². The van der Waals surface area contributed by atoms with Crippen molar-refractivity contribution in [2.45, 2.75) is 84.1 Å². The molecular formula is C19H35N. The zero-order valence-electron chi connectivity index (χ0n) is 13.7. The van der Waals surface area contributed by atoms with E-state index >= 15 is 0 Å². The second-order valence-electron chi connectivity index (χ2n) is 8.27. The summed E-state index contributed by atoms with van der Waals surface area (Å²) in [6, 6.07) is 0.893. The molecule has 3 aliphatic carbocycles. The molecule has 0 aliphatic heterocycles. The van der Waals surface area contributed by atoms with Crippen molar-refractivity contribution in [2.75, 3.05) is 6.54 Å². The van der Waals surface area contributed by atoms with Gasteiger partial charge < -0.3 is 5.32 Å². The van der Waals surface area contributed by atoms with Gasteiger partial charge in [0.05, 0.1) is 0 Å². The molecule has 0 aromatic carbocycles. The molecule has 3 aliphatic rings. The van der Waals surface area contributed by atoms with Crippen molar-refractivity contribution in [3.63, 3.8) is 0 Å². The van der Waals surface area contributed by atoms with Crippen LogP contribution in [-0.4, -0.2) is 12.6 Å². The second-order valence-corrected chi connectivity index (χ2v) is 8.27. The molecule has 0 saturated heterocycles. The highest BCUT2D eigenvalue weighted by Gasteiger charge is 2.35. The molecule has 0 spiro atoms. The lowest BCUT2D eigenvalue weighted by Crippen LogP contribution is -2.35. The van der Waals surface area contributed by atoms with Gasteiger partial charge in [-0.1, -0.05) is 39.5 Å². The molecule has 3 rings (SSSR count). The molecule has 5 atom stereocenters. The minimum Gasteiger partial charge on any atom is -0.314 e. The molecule has 0 aromatic rings. The summed E-state index contributed by atoms with van der Waals surface area (Å²) in [5.41, 5.74) is 0. The molecule has 116 valence electrons. The molecule has 0 bridgehead atoms. The maximum Gasteiger partial charge on any atom is 0.00683 e. The fraction of sp³-hybridized carbons (Fsp3) is 1.00. The van der Waals surface area contributed by atoms with E-state index < -0.39 is 0 Å². The predicted octanol–water partition coefficient (Wildman–Crippen LogP) is 5.01. The Morgan fingerprint density at radius 1 is 0.800 bits per heavy atom. The van der Waals surface area contributed by atoms with E-state index in [1.54, 1.807) is 0 Å². The first-order valence-electron chi connectivity index (χ1n) is 9.47. The van der Waals surface area contributed by atoms with Crippen molar-refractivity contribution in [1.29, 1.82) is 0 Å². The topological polar surface area (TPSA) is 12.0 Å². The van der Waals surface area contributed by atoms with Gasteiger partial charge >= 0.3 is 0 Å². The van der Waals surface area contributed by atoms with Crippen LogP contribution in [0, 0.1) is 29.6 Å². The minimum absolute atomic E-state index is 0.893. The van der Waals surface area contributed by atoms with Crippen molar-refractivity contribution >= 4 is 0 Å². The maximum absolute atomic E-state index is 3.84. The molecule has 0 radical (unpaired) electrons. The zero-order chi connectivity index (χ0) is 13.9. The van der Waals surface area contributed by atoms with E-state index in [2.05, 4.69) is 19.2 Å². The molecule has 20 heavy (non-hydrogen) atoms. The molecule has 0 heterocycles. The van der Waals surface area contributed by atoms with Gasteiger partial charge in [-0.05, 0) is 74.7 Å². The second kappa shape index (κ2) is 6.81. The number of hydrogen-bond acceptors (Lipinski definition) is 1. The zero-order valence-corrected chi connectivity index (χ0v) is 13.7. The normalized spacial score (nSPS) is 43.2. The van der Waals surface area contributed by atoms with Crippen molar-refractivity contribution in [3.05, 3.63) is 0 Å². The van der Waals surface area contributed by atoms with Crippen LogP contribution in [-0.2, 0) is 0 Å². The van der Waals surface area contributed by atoms with Crippen LogP contribution in [0.25, 0.3) is 0 Å². The lowest BCUT2D eigenvalue weighted by molar-refractivity contribution is 0.111. The summed E-state index contributed by atoms with van der Waals surface area (Å²) in [6.07, 6.45) is 14.9. The summed E-state index contributed by atoms with van der Waals surface area (Å²) in [6.45, 7) is 6.31. The fourth-order valence-electron chi connectivity index (χ4n) is 4.87. The Hall–Kier alpha value is -0.0400. The van der Waals surface area contributed by atoms with E-state index in [-0.39, 0.29) is 0 Å². The Morgan fingerprint density at radius 3 is 2.35 bits per heavy atom. The third-order valence-corrected chi connectivity index (χ3v) is 6.71. The van der Waals surface area contributed by atoms with Crippen molar-refractivity contribution in [2.24, 2.45) is 29.6 Å². The molecule has 1 heteroatoms. The van der Waals surface area contributed by atoms with Crippen LogP contribution in [0.3, 0.4) is 0 Å².